The van der Waals surface area contributed by atoms with Crippen LogP contribution in [0.15, 0.2) is 39.7 Å². The first-order valence-electron chi connectivity index (χ1n) is 8.42. The molecule has 6 nitrogen and oxygen atoms in total. The molecule has 2 heterocycles. The number of nitrogens with two attached hydrogens (primary N) is 1. The highest BCUT2D eigenvalue weighted by atomic mass is 79.9. The van der Waals surface area contributed by atoms with Crippen molar-refractivity contribution in [2.75, 3.05) is 5.73 Å². The summed E-state index contributed by atoms with van der Waals surface area (Å²) in [6.07, 6.45) is 3.96. The normalized spacial score (nSPS) is 14.1. The molecule has 27 heavy (non-hydrogen) atoms. The number of hydrogen-bond donors (Lipinski definition) is 2. The van der Waals surface area contributed by atoms with Crippen molar-refractivity contribution in [3.8, 4) is 11.4 Å². The molecule has 1 aromatic carbocycles. The maximum absolute atomic E-state index is 13.2. The van der Waals surface area contributed by atoms with Crippen LogP contribution in [0.2, 0.25) is 0 Å². The van der Waals surface area contributed by atoms with Gasteiger partial charge in [0.05, 0.1) is 0 Å². The summed E-state index contributed by atoms with van der Waals surface area (Å²) >= 11 is 3.47. The third-order valence-electron chi connectivity index (χ3n) is 4.51. The van der Waals surface area contributed by atoms with Crippen LogP contribution < -0.4 is 11.3 Å². The maximum Gasteiger partial charge on any atom is 0.333 e. The summed E-state index contributed by atoms with van der Waals surface area (Å²) in [6.45, 7) is -2.79. The van der Waals surface area contributed by atoms with Crippen molar-refractivity contribution in [2.24, 2.45) is 0 Å². The van der Waals surface area contributed by atoms with Gasteiger partial charge in [0.15, 0.2) is 0 Å². The molecule has 1 aliphatic rings. The molecular formula is C18H16BrF2N5O. The Balaban J connectivity index is 1.81. The van der Waals surface area contributed by atoms with E-state index in [2.05, 4.69) is 37.1 Å². The van der Waals surface area contributed by atoms with Crippen LogP contribution in [0.5, 0.6) is 0 Å². The molecule has 4 rings (SSSR count). The van der Waals surface area contributed by atoms with Crippen molar-refractivity contribution in [3.63, 3.8) is 0 Å². The Bertz CT molecular complexity index is 1060. The molecule has 140 valence electrons. The van der Waals surface area contributed by atoms with E-state index in [-0.39, 0.29) is 17.3 Å². The van der Waals surface area contributed by atoms with Crippen LogP contribution in [0.25, 0.3) is 11.4 Å². The van der Waals surface area contributed by atoms with E-state index >= 15 is 0 Å². The number of H-pyrrole nitrogens is 1. The van der Waals surface area contributed by atoms with E-state index in [1.165, 1.54) is 17.8 Å². The highest BCUT2D eigenvalue weighted by Gasteiger charge is 2.27. The Labute approximate surface area is 161 Å². The lowest BCUT2D eigenvalue weighted by Crippen LogP contribution is -2.11. The van der Waals surface area contributed by atoms with Gasteiger partial charge in [-0.15, -0.1) is 0 Å². The van der Waals surface area contributed by atoms with Gasteiger partial charge in [-0.2, -0.15) is 13.9 Å². The molecule has 9 heteroatoms. The molecule has 0 radical (unpaired) electrons. The number of nitrogens with one attached hydrogen (secondary N) is 1. The van der Waals surface area contributed by atoms with E-state index in [1.807, 2.05) is 12.1 Å². The van der Waals surface area contributed by atoms with Crippen LogP contribution in [-0.2, 0) is 6.42 Å². The zero-order valence-electron chi connectivity index (χ0n) is 14.1. The molecule has 3 aromatic rings. The first kappa shape index (κ1) is 17.8. The van der Waals surface area contributed by atoms with Gasteiger partial charge in [0.2, 0.25) is 5.95 Å². The molecule has 1 aliphatic carbocycles. The van der Waals surface area contributed by atoms with Crippen molar-refractivity contribution < 1.29 is 8.78 Å². The third-order valence-corrected chi connectivity index (χ3v) is 5.01. The van der Waals surface area contributed by atoms with Gasteiger partial charge in [-0.3, -0.25) is 9.78 Å². The maximum atomic E-state index is 13.2. The Hall–Kier alpha value is -2.55. The number of aromatic amines is 1. The van der Waals surface area contributed by atoms with Crippen LogP contribution >= 0.6 is 15.9 Å². The SMILES string of the molecule is Nc1nc(-c2nn(C(F)F)cc2Cc2cc(Br)ccc2C2CC2)cc(=O)[nH]1. The number of rotatable bonds is 5. The van der Waals surface area contributed by atoms with E-state index in [4.69, 9.17) is 5.73 Å². The average Bonchev–Trinajstić information content (AvgIpc) is 3.33. The lowest BCUT2D eigenvalue weighted by Gasteiger charge is -2.10. The summed E-state index contributed by atoms with van der Waals surface area (Å²) < 4.78 is 28.0. The van der Waals surface area contributed by atoms with Crippen molar-refractivity contribution in [1.29, 1.82) is 0 Å². The van der Waals surface area contributed by atoms with Crippen molar-refractivity contribution in [1.82, 2.24) is 19.7 Å². The predicted octanol–water partition coefficient (Wildman–Crippen LogP) is 3.84. The summed E-state index contributed by atoms with van der Waals surface area (Å²) in [7, 11) is 0. The molecule has 1 fully saturated rings. The van der Waals surface area contributed by atoms with Gasteiger partial charge < -0.3 is 5.73 Å². The Kier molecular flexibility index (Phi) is 4.55. The second-order valence-electron chi connectivity index (χ2n) is 6.57. The van der Waals surface area contributed by atoms with Gasteiger partial charge in [0, 0.05) is 28.7 Å². The fourth-order valence-corrected chi connectivity index (χ4v) is 3.61. The number of aromatic nitrogens is 4. The lowest BCUT2D eigenvalue weighted by atomic mass is 9.97. The summed E-state index contributed by atoms with van der Waals surface area (Å²) in [4.78, 5) is 18.1. The van der Waals surface area contributed by atoms with Crippen molar-refractivity contribution >= 4 is 21.9 Å². The molecule has 1 saturated carbocycles. The average molecular weight is 436 g/mol. The van der Waals surface area contributed by atoms with Crippen LogP contribution in [0.4, 0.5) is 14.7 Å². The van der Waals surface area contributed by atoms with Crippen LogP contribution in [0, 0.1) is 0 Å². The van der Waals surface area contributed by atoms with Crippen molar-refractivity contribution in [3.05, 3.63) is 62.0 Å². The Morgan fingerprint density at radius 2 is 2.07 bits per heavy atom. The summed E-state index contributed by atoms with van der Waals surface area (Å²) in [5.41, 5.74) is 8.37. The topological polar surface area (TPSA) is 89.6 Å². The predicted molar refractivity (Wildman–Crippen MR) is 101 cm³/mol. The smallest absolute Gasteiger partial charge is 0.333 e. The second kappa shape index (κ2) is 6.88. The van der Waals surface area contributed by atoms with Crippen molar-refractivity contribution in [2.45, 2.75) is 31.7 Å². The minimum Gasteiger partial charge on any atom is -0.369 e. The van der Waals surface area contributed by atoms with Crippen LogP contribution in [0.3, 0.4) is 0 Å². The minimum atomic E-state index is -2.79. The number of halogens is 3. The number of benzene rings is 1. The van der Waals surface area contributed by atoms with E-state index < -0.39 is 12.1 Å². The van der Waals surface area contributed by atoms with Gasteiger partial charge in [-0.1, -0.05) is 22.0 Å². The molecular weight excluding hydrogens is 420 g/mol. The van der Waals surface area contributed by atoms with Gasteiger partial charge in [-0.25, -0.2) is 9.67 Å². The summed E-state index contributed by atoms with van der Waals surface area (Å²) in [6, 6.07) is 7.26. The molecule has 0 bridgehead atoms. The first-order valence-corrected chi connectivity index (χ1v) is 9.21. The number of anilines is 1. The molecule has 0 aliphatic heterocycles. The van der Waals surface area contributed by atoms with E-state index in [1.54, 1.807) is 0 Å². The number of alkyl halides is 2. The highest BCUT2D eigenvalue weighted by Crippen LogP contribution is 2.43. The number of nitrogen functional groups attached to an aromatic ring is 1. The zero-order chi connectivity index (χ0) is 19.1. The standard InChI is InChI=1S/C18H16BrF2N5O/c19-12-3-4-13(9-1-2-9)10(6-12)5-11-8-26(17(20)21)25-16(11)14-7-15(27)24-18(22)23-14/h3-4,6-9,17H,1-2,5H2,(H3,22,23,24,27). The van der Waals surface area contributed by atoms with Crippen LogP contribution in [-0.4, -0.2) is 19.7 Å². The van der Waals surface area contributed by atoms with E-state index in [9.17, 15) is 13.6 Å². The molecule has 0 unspecified atom stereocenters. The quantitative estimate of drug-likeness (QED) is 0.636. The third kappa shape index (κ3) is 3.78. The molecule has 0 amide bonds. The molecule has 0 atom stereocenters. The number of nitrogens with zero attached hydrogens (tertiary/aromatic N) is 3. The highest BCUT2D eigenvalue weighted by molar-refractivity contribution is 9.10. The second-order valence-corrected chi connectivity index (χ2v) is 7.49. The first-order chi connectivity index (χ1) is 12.9. The Morgan fingerprint density at radius 1 is 1.30 bits per heavy atom. The van der Waals surface area contributed by atoms with E-state index in [0.717, 1.165) is 22.9 Å². The van der Waals surface area contributed by atoms with Gasteiger partial charge >= 0.3 is 6.55 Å². The van der Waals surface area contributed by atoms with Gasteiger partial charge in [-0.05, 0) is 42.0 Å². The molecule has 0 spiro atoms. The number of hydrogen-bond acceptors (Lipinski definition) is 4. The molecule has 0 saturated heterocycles. The monoisotopic (exact) mass is 435 g/mol. The minimum absolute atomic E-state index is 0.0869. The van der Waals surface area contributed by atoms with E-state index in [0.29, 0.717) is 22.6 Å². The fraction of sp³-hybridized carbons (Fsp3) is 0.278. The molecule has 2 aromatic heterocycles. The molecule has 3 N–H and O–H groups in total. The Morgan fingerprint density at radius 3 is 2.74 bits per heavy atom. The summed E-state index contributed by atoms with van der Waals surface area (Å²) in [5, 5.41) is 3.96. The van der Waals surface area contributed by atoms with Crippen LogP contribution in [0.1, 0.15) is 42.0 Å². The fourth-order valence-electron chi connectivity index (χ4n) is 3.20. The largest absolute Gasteiger partial charge is 0.369 e. The zero-order valence-corrected chi connectivity index (χ0v) is 15.7. The lowest BCUT2D eigenvalue weighted by molar-refractivity contribution is 0.0567. The van der Waals surface area contributed by atoms with Gasteiger partial charge in [0.25, 0.3) is 5.56 Å². The summed E-state index contributed by atoms with van der Waals surface area (Å²) in [5.74, 6) is 0.422. The van der Waals surface area contributed by atoms with Gasteiger partial charge in [0.1, 0.15) is 11.4 Å².